The molecule has 0 radical (unpaired) electrons. The van der Waals surface area contributed by atoms with Crippen molar-refractivity contribution in [2.24, 2.45) is 0 Å². The summed E-state index contributed by atoms with van der Waals surface area (Å²) in [5.74, 6) is 0.642. The van der Waals surface area contributed by atoms with Gasteiger partial charge < -0.3 is 15.8 Å². The van der Waals surface area contributed by atoms with Crippen molar-refractivity contribution in [3.63, 3.8) is 0 Å². The van der Waals surface area contributed by atoms with Crippen LogP contribution in [0.15, 0.2) is 76.4 Å². The predicted molar refractivity (Wildman–Crippen MR) is 126 cm³/mol. The molecule has 0 aliphatic rings. The van der Waals surface area contributed by atoms with Gasteiger partial charge in [-0.2, -0.15) is 4.98 Å². The van der Waals surface area contributed by atoms with E-state index in [0.717, 1.165) is 10.1 Å². The Balaban J connectivity index is 1.73. The standard InChI is InChI=1S/C24H23FN6O3/c1-34-20-9-7-16(8-10-20)14-30-22(28-13-18-5-3-11-27-21(18)26)29-23(32)31(24(30)33)15-17-4-2-6-19(25)12-17/h2-12H,13-15H2,1H3,(H2,26,27)(H,28,29,32). The number of methoxy groups -OCH3 is 1. The molecule has 2 aromatic carbocycles. The fraction of sp³-hybridized carbons (Fsp3) is 0.167. The van der Waals surface area contributed by atoms with Crippen LogP contribution in [0.25, 0.3) is 0 Å². The number of nitrogen functional groups attached to an aromatic ring is 1. The first kappa shape index (κ1) is 22.7. The number of aromatic nitrogens is 4. The lowest BCUT2D eigenvalue weighted by molar-refractivity contribution is 0.414. The normalized spacial score (nSPS) is 10.8. The van der Waals surface area contributed by atoms with Gasteiger partial charge in [0.1, 0.15) is 17.4 Å². The quantitative estimate of drug-likeness (QED) is 0.412. The van der Waals surface area contributed by atoms with Crippen LogP contribution in [-0.4, -0.2) is 26.2 Å². The first-order chi connectivity index (χ1) is 16.4. The van der Waals surface area contributed by atoms with E-state index in [1.165, 1.54) is 22.8 Å². The first-order valence-corrected chi connectivity index (χ1v) is 10.5. The molecule has 34 heavy (non-hydrogen) atoms. The van der Waals surface area contributed by atoms with Crippen LogP contribution in [0.4, 0.5) is 16.2 Å². The van der Waals surface area contributed by atoms with Crippen LogP contribution >= 0.6 is 0 Å². The molecule has 0 amide bonds. The summed E-state index contributed by atoms with van der Waals surface area (Å²) < 4.78 is 21.2. The molecule has 0 spiro atoms. The zero-order valence-electron chi connectivity index (χ0n) is 18.4. The summed E-state index contributed by atoms with van der Waals surface area (Å²) in [5, 5.41) is 3.03. The molecule has 0 saturated carbocycles. The maximum atomic E-state index is 13.6. The molecular weight excluding hydrogens is 439 g/mol. The van der Waals surface area contributed by atoms with Gasteiger partial charge in [-0.3, -0.25) is 4.57 Å². The molecule has 2 heterocycles. The largest absolute Gasteiger partial charge is 0.497 e. The van der Waals surface area contributed by atoms with Gasteiger partial charge >= 0.3 is 11.4 Å². The molecule has 0 fully saturated rings. The molecule has 4 rings (SSSR count). The Morgan fingerprint density at radius 2 is 1.76 bits per heavy atom. The van der Waals surface area contributed by atoms with Crippen molar-refractivity contribution in [2.45, 2.75) is 19.6 Å². The SMILES string of the molecule is COc1ccc(Cn2c(NCc3cccnc3N)nc(=O)n(Cc3cccc(F)c3)c2=O)cc1. The molecule has 10 heteroatoms. The van der Waals surface area contributed by atoms with E-state index in [4.69, 9.17) is 10.5 Å². The fourth-order valence-corrected chi connectivity index (χ4v) is 3.45. The second kappa shape index (κ2) is 9.99. The molecule has 0 saturated heterocycles. The lowest BCUT2D eigenvalue weighted by atomic mass is 10.2. The highest BCUT2D eigenvalue weighted by Crippen LogP contribution is 2.14. The zero-order valence-corrected chi connectivity index (χ0v) is 18.4. The number of pyridine rings is 1. The lowest BCUT2D eigenvalue weighted by Crippen LogP contribution is -2.43. The van der Waals surface area contributed by atoms with Crippen LogP contribution in [0.2, 0.25) is 0 Å². The van der Waals surface area contributed by atoms with E-state index in [0.29, 0.717) is 22.7 Å². The first-order valence-electron chi connectivity index (χ1n) is 10.5. The highest BCUT2D eigenvalue weighted by atomic mass is 19.1. The van der Waals surface area contributed by atoms with E-state index in [1.54, 1.807) is 43.6 Å². The van der Waals surface area contributed by atoms with Crippen molar-refractivity contribution < 1.29 is 9.13 Å². The number of halogens is 1. The molecule has 0 unspecified atom stereocenters. The molecule has 174 valence electrons. The Labute approximate surface area is 194 Å². The summed E-state index contributed by atoms with van der Waals surface area (Å²) in [4.78, 5) is 34.3. The minimum Gasteiger partial charge on any atom is -0.497 e. The van der Waals surface area contributed by atoms with Gasteiger partial charge in [0.2, 0.25) is 5.95 Å². The Morgan fingerprint density at radius 3 is 2.47 bits per heavy atom. The van der Waals surface area contributed by atoms with E-state index in [9.17, 15) is 14.0 Å². The number of nitrogens with zero attached hydrogens (tertiary/aromatic N) is 4. The fourth-order valence-electron chi connectivity index (χ4n) is 3.45. The number of ether oxygens (including phenoxy) is 1. The summed E-state index contributed by atoms with van der Waals surface area (Å²) >= 11 is 0. The average Bonchev–Trinajstić information content (AvgIpc) is 2.84. The third-order valence-electron chi connectivity index (χ3n) is 5.24. The number of hydrogen-bond donors (Lipinski definition) is 2. The topological polar surface area (TPSA) is 117 Å². The van der Waals surface area contributed by atoms with Gasteiger partial charge in [-0.1, -0.05) is 30.3 Å². The summed E-state index contributed by atoms with van der Waals surface area (Å²) in [5.41, 5.74) is 6.54. The van der Waals surface area contributed by atoms with Gasteiger partial charge in [-0.25, -0.2) is 23.5 Å². The number of rotatable bonds is 8. The van der Waals surface area contributed by atoms with Gasteiger partial charge in [-0.15, -0.1) is 0 Å². The highest BCUT2D eigenvalue weighted by molar-refractivity contribution is 5.41. The second-order valence-electron chi connectivity index (χ2n) is 7.55. The maximum absolute atomic E-state index is 13.6. The van der Waals surface area contributed by atoms with Crippen LogP contribution in [-0.2, 0) is 19.6 Å². The number of nitrogens with one attached hydrogen (secondary N) is 1. The monoisotopic (exact) mass is 462 g/mol. The van der Waals surface area contributed by atoms with Crippen molar-refractivity contribution in [3.8, 4) is 5.75 Å². The summed E-state index contributed by atoms with van der Waals surface area (Å²) in [7, 11) is 1.57. The zero-order chi connectivity index (χ0) is 24.1. The minimum absolute atomic E-state index is 0.0876. The molecular formula is C24H23FN6O3. The van der Waals surface area contributed by atoms with Gasteiger partial charge in [0, 0.05) is 18.3 Å². The molecule has 0 atom stereocenters. The second-order valence-corrected chi connectivity index (χ2v) is 7.55. The van der Waals surface area contributed by atoms with Crippen molar-refractivity contribution in [1.29, 1.82) is 0 Å². The van der Waals surface area contributed by atoms with Gasteiger partial charge in [-0.05, 0) is 41.5 Å². The third-order valence-corrected chi connectivity index (χ3v) is 5.24. The molecule has 0 aliphatic carbocycles. The van der Waals surface area contributed by atoms with Crippen molar-refractivity contribution in [1.82, 2.24) is 19.1 Å². The van der Waals surface area contributed by atoms with Crippen LogP contribution < -0.4 is 27.2 Å². The van der Waals surface area contributed by atoms with Crippen molar-refractivity contribution >= 4 is 11.8 Å². The Morgan fingerprint density at radius 1 is 1.00 bits per heavy atom. The van der Waals surface area contributed by atoms with E-state index >= 15 is 0 Å². The van der Waals surface area contributed by atoms with E-state index < -0.39 is 17.2 Å². The highest BCUT2D eigenvalue weighted by Gasteiger charge is 2.15. The van der Waals surface area contributed by atoms with E-state index in [2.05, 4.69) is 15.3 Å². The van der Waals surface area contributed by atoms with Crippen LogP contribution in [0.1, 0.15) is 16.7 Å². The van der Waals surface area contributed by atoms with Crippen molar-refractivity contribution in [2.75, 3.05) is 18.2 Å². The summed E-state index contributed by atoms with van der Waals surface area (Å²) in [6, 6.07) is 16.4. The molecule has 2 aromatic heterocycles. The molecule has 4 aromatic rings. The van der Waals surface area contributed by atoms with Gasteiger partial charge in [0.05, 0.1) is 20.2 Å². The molecule has 3 N–H and O–H groups in total. The third kappa shape index (κ3) is 5.12. The molecule has 0 aliphatic heterocycles. The minimum atomic E-state index is -0.748. The van der Waals surface area contributed by atoms with E-state index in [1.807, 2.05) is 12.1 Å². The number of benzene rings is 2. The average molecular weight is 462 g/mol. The smallest absolute Gasteiger partial charge is 0.355 e. The molecule has 9 nitrogen and oxygen atoms in total. The van der Waals surface area contributed by atoms with Gasteiger partial charge in [0.15, 0.2) is 0 Å². The maximum Gasteiger partial charge on any atom is 0.355 e. The summed E-state index contributed by atoms with van der Waals surface area (Å²) in [6.07, 6.45) is 1.57. The number of anilines is 2. The lowest BCUT2D eigenvalue weighted by Gasteiger charge is -2.16. The Bertz CT molecular complexity index is 1420. The molecule has 0 bridgehead atoms. The number of nitrogens with two attached hydrogens (primary N) is 1. The Kier molecular flexibility index (Phi) is 6.67. The van der Waals surface area contributed by atoms with Crippen LogP contribution in [0.3, 0.4) is 0 Å². The van der Waals surface area contributed by atoms with Crippen LogP contribution in [0.5, 0.6) is 5.75 Å². The van der Waals surface area contributed by atoms with Gasteiger partial charge in [0.25, 0.3) is 0 Å². The summed E-state index contributed by atoms with van der Waals surface area (Å²) in [6.45, 7) is 0.243. The van der Waals surface area contributed by atoms with Crippen LogP contribution in [0, 0.1) is 5.82 Å². The van der Waals surface area contributed by atoms with E-state index in [-0.39, 0.29) is 25.6 Å². The van der Waals surface area contributed by atoms with Crippen molar-refractivity contribution in [3.05, 3.63) is 110 Å². The number of hydrogen-bond acceptors (Lipinski definition) is 7. The Hall–Kier alpha value is -4.47. The predicted octanol–water partition coefficient (Wildman–Crippen LogP) is 2.24.